The summed E-state index contributed by atoms with van der Waals surface area (Å²) in [6.07, 6.45) is 27.9. The summed E-state index contributed by atoms with van der Waals surface area (Å²) in [6, 6.07) is 36.6. The molecule has 0 unspecified atom stereocenters. The molecule has 0 spiro atoms. The second-order valence-corrected chi connectivity index (χ2v) is 15.0. The van der Waals surface area contributed by atoms with Crippen LogP contribution in [0.3, 0.4) is 0 Å². The Hall–Kier alpha value is -6.06. The molecule has 0 amide bonds. The van der Waals surface area contributed by atoms with Gasteiger partial charge in [0.25, 0.3) is 0 Å². The normalized spacial score (nSPS) is 12.8. The standard InChI is InChI=1S/C52H52N2.C2H5N.C2H6/c1-5-13-49-45(7-3)47-15-9-11-17-51(47)53(49)43-31-23-39(24-32-43)35-37-19-27-41(28-20-37)42-29-21-38(22-30-42)36-40-25-33-44(34-26-40)54-50(14-6-2)46(8-4)48-16-10-12-18-52(48)54;1-2-3;1-2/h5-6,11-14,17-34H,7-10,15-16,35-36H2,1-4H3;2H,1,3H2;1-2H3/b13-5-,14-6-;;. The van der Waals surface area contributed by atoms with Crippen LogP contribution in [0.5, 0.6) is 0 Å². The molecule has 0 atom stereocenters. The minimum absolute atomic E-state index is 0.920. The molecule has 2 N–H and O–H groups in total. The quantitative estimate of drug-likeness (QED) is 0.140. The number of fused-ring (bicyclic) bond motifs is 2. The van der Waals surface area contributed by atoms with Crippen LogP contribution >= 0.6 is 0 Å². The molecule has 0 saturated carbocycles. The maximum Gasteiger partial charge on any atom is 0.0494 e. The summed E-state index contributed by atoms with van der Waals surface area (Å²) < 4.78 is 4.92. The number of benzene rings is 4. The van der Waals surface area contributed by atoms with Crippen molar-refractivity contribution >= 4 is 24.3 Å². The van der Waals surface area contributed by atoms with Gasteiger partial charge in [0, 0.05) is 34.2 Å². The summed E-state index contributed by atoms with van der Waals surface area (Å²) in [5.41, 5.74) is 26.3. The van der Waals surface area contributed by atoms with E-state index >= 15 is 0 Å². The molecule has 2 aromatic heterocycles. The van der Waals surface area contributed by atoms with E-state index in [2.05, 4.69) is 195 Å². The highest BCUT2D eigenvalue weighted by Gasteiger charge is 2.22. The lowest BCUT2D eigenvalue weighted by molar-refractivity contribution is 0.945. The zero-order valence-corrected chi connectivity index (χ0v) is 36.3. The van der Waals surface area contributed by atoms with Crippen LogP contribution in [0.1, 0.15) is 122 Å². The molecule has 0 saturated heterocycles. The van der Waals surface area contributed by atoms with Crippen molar-refractivity contribution in [3.05, 3.63) is 201 Å². The predicted molar refractivity (Wildman–Crippen MR) is 258 cm³/mol. The van der Waals surface area contributed by atoms with Gasteiger partial charge in [0.05, 0.1) is 0 Å². The largest absolute Gasteiger partial charge is 0.405 e. The Morgan fingerprint density at radius 2 is 0.864 bits per heavy atom. The fraction of sp³-hybridized carbons (Fsp3) is 0.250. The van der Waals surface area contributed by atoms with E-state index in [-0.39, 0.29) is 0 Å². The Bertz CT molecular complexity index is 2250. The summed E-state index contributed by atoms with van der Waals surface area (Å²) in [5.74, 6) is 0. The van der Waals surface area contributed by atoms with Crippen LogP contribution in [-0.2, 0) is 38.5 Å². The number of hydrogen-bond acceptors (Lipinski definition) is 1. The highest BCUT2D eigenvalue weighted by molar-refractivity contribution is 5.70. The van der Waals surface area contributed by atoms with Gasteiger partial charge >= 0.3 is 0 Å². The Balaban J connectivity index is 0.00000112. The molecule has 0 bridgehead atoms. The Labute approximate surface area is 354 Å². The zero-order valence-electron chi connectivity index (χ0n) is 36.3. The third kappa shape index (κ3) is 9.31. The van der Waals surface area contributed by atoms with Crippen LogP contribution in [0.2, 0.25) is 0 Å². The van der Waals surface area contributed by atoms with E-state index in [1.807, 2.05) is 13.8 Å². The number of rotatable bonds is 11. The molecule has 2 aliphatic carbocycles. The van der Waals surface area contributed by atoms with E-state index < -0.39 is 0 Å². The molecule has 302 valence electrons. The Kier molecular flexibility index (Phi) is 14.8. The first-order valence-electron chi connectivity index (χ1n) is 21.8. The van der Waals surface area contributed by atoms with Gasteiger partial charge in [0.15, 0.2) is 0 Å². The van der Waals surface area contributed by atoms with Gasteiger partial charge in [-0.3, -0.25) is 0 Å². The van der Waals surface area contributed by atoms with Gasteiger partial charge in [-0.2, -0.15) is 0 Å². The Morgan fingerprint density at radius 1 is 0.542 bits per heavy atom. The van der Waals surface area contributed by atoms with Gasteiger partial charge in [0.2, 0.25) is 0 Å². The molecular formula is C56H63N3. The van der Waals surface area contributed by atoms with Crippen molar-refractivity contribution in [1.82, 2.24) is 9.13 Å². The molecule has 0 radical (unpaired) electrons. The average Bonchev–Trinajstić information content (AvgIpc) is 3.77. The van der Waals surface area contributed by atoms with Crippen LogP contribution in [-0.4, -0.2) is 9.13 Å². The van der Waals surface area contributed by atoms with Crippen molar-refractivity contribution in [1.29, 1.82) is 0 Å². The fourth-order valence-electron chi connectivity index (χ4n) is 8.81. The van der Waals surface area contributed by atoms with E-state index in [4.69, 9.17) is 0 Å². The van der Waals surface area contributed by atoms with Crippen LogP contribution in [0, 0.1) is 0 Å². The highest BCUT2D eigenvalue weighted by atomic mass is 15.0. The van der Waals surface area contributed by atoms with Gasteiger partial charge in [-0.25, -0.2) is 0 Å². The summed E-state index contributed by atoms with van der Waals surface area (Å²) in [7, 11) is 0. The number of aromatic nitrogens is 2. The van der Waals surface area contributed by atoms with Crippen molar-refractivity contribution in [2.24, 2.45) is 5.73 Å². The van der Waals surface area contributed by atoms with Gasteiger partial charge in [-0.05, 0) is 176 Å². The number of nitrogens with zero attached hydrogens (tertiary/aromatic N) is 2. The molecule has 8 rings (SSSR count). The third-order valence-corrected chi connectivity index (χ3v) is 11.4. The molecule has 59 heavy (non-hydrogen) atoms. The molecule has 0 fully saturated rings. The van der Waals surface area contributed by atoms with Crippen LogP contribution < -0.4 is 5.73 Å². The second kappa shape index (κ2) is 20.6. The fourth-order valence-corrected chi connectivity index (χ4v) is 8.81. The lowest BCUT2D eigenvalue weighted by Crippen LogP contribution is -2.02. The Morgan fingerprint density at radius 3 is 1.17 bits per heavy atom. The van der Waals surface area contributed by atoms with Gasteiger partial charge in [-0.15, -0.1) is 0 Å². The van der Waals surface area contributed by atoms with E-state index in [1.54, 1.807) is 0 Å². The minimum Gasteiger partial charge on any atom is -0.405 e. The minimum atomic E-state index is 0.920. The van der Waals surface area contributed by atoms with Crippen LogP contribution in [0.15, 0.2) is 134 Å². The van der Waals surface area contributed by atoms with Crippen LogP contribution in [0.25, 0.3) is 46.8 Å². The molecule has 2 aliphatic rings. The van der Waals surface area contributed by atoms with E-state index in [9.17, 15) is 0 Å². The van der Waals surface area contributed by atoms with Crippen molar-refractivity contribution in [3.8, 4) is 22.5 Å². The molecule has 4 aromatic carbocycles. The van der Waals surface area contributed by atoms with Gasteiger partial charge in [0.1, 0.15) is 0 Å². The van der Waals surface area contributed by atoms with E-state index in [0.717, 1.165) is 51.4 Å². The summed E-state index contributed by atoms with van der Waals surface area (Å²) >= 11 is 0. The first kappa shape index (κ1) is 42.5. The topological polar surface area (TPSA) is 35.9 Å². The zero-order chi connectivity index (χ0) is 41.7. The lowest BCUT2D eigenvalue weighted by Gasteiger charge is -2.14. The summed E-state index contributed by atoms with van der Waals surface area (Å²) in [4.78, 5) is 0. The SMILES string of the molecule is C/C=C\c1c(CC)c2c(n1-c1ccc(Cc3ccc(-c4ccc(Cc5ccc(-n6c7c(c(CC)c6/C=C\C)CCC=C7)cc5)cc4)cc3)cc1)C=CCC2.C=CN.CC. The predicted octanol–water partition coefficient (Wildman–Crippen LogP) is 14.3. The number of allylic oxidation sites excluding steroid dienone is 4. The molecular weight excluding hydrogens is 715 g/mol. The van der Waals surface area contributed by atoms with Crippen LogP contribution in [0.4, 0.5) is 0 Å². The lowest BCUT2D eigenvalue weighted by atomic mass is 9.97. The van der Waals surface area contributed by atoms with Crippen molar-refractivity contribution in [3.63, 3.8) is 0 Å². The van der Waals surface area contributed by atoms with Crippen molar-refractivity contribution < 1.29 is 0 Å². The molecule has 6 aromatic rings. The number of hydrogen-bond donors (Lipinski definition) is 1. The first-order valence-corrected chi connectivity index (χ1v) is 21.8. The number of nitrogens with two attached hydrogens (primary N) is 1. The van der Waals surface area contributed by atoms with Crippen molar-refractivity contribution in [2.45, 2.75) is 92.9 Å². The van der Waals surface area contributed by atoms with Gasteiger partial charge in [-0.1, -0.05) is 131 Å². The monoisotopic (exact) mass is 778 g/mol. The first-order chi connectivity index (χ1) is 29.0. The second-order valence-electron chi connectivity index (χ2n) is 15.0. The summed E-state index contributed by atoms with van der Waals surface area (Å²) in [6.45, 7) is 15.9. The maximum atomic E-state index is 4.61. The van der Waals surface area contributed by atoms with E-state index in [1.165, 1.54) is 96.0 Å². The average molecular weight is 778 g/mol. The van der Waals surface area contributed by atoms with Gasteiger partial charge < -0.3 is 14.9 Å². The van der Waals surface area contributed by atoms with E-state index in [0.29, 0.717) is 0 Å². The molecule has 3 nitrogen and oxygen atoms in total. The van der Waals surface area contributed by atoms with Crippen molar-refractivity contribution in [2.75, 3.05) is 0 Å². The smallest absolute Gasteiger partial charge is 0.0494 e. The molecule has 3 heteroatoms. The summed E-state index contributed by atoms with van der Waals surface area (Å²) in [5, 5.41) is 0. The maximum absolute atomic E-state index is 4.61. The third-order valence-electron chi connectivity index (χ3n) is 11.4. The molecule has 0 aliphatic heterocycles. The highest BCUT2D eigenvalue weighted by Crippen LogP contribution is 2.35. The molecule has 2 heterocycles.